The molecule has 0 radical (unpaired) electrons. The summed E-state index contributed by atoms with van der Waals surface area (Å²) in [4.78, 5) is 2.41. The maximum Gasteiger partial charge on any atom is 0.0485 e. The van der Waals surface area contributed by atoms with Crippen LogP contribution in [0.3, 0.4) is 0 Å². The molecule has 2 aliphatic rings. The molecule has 0 spiro atoms. The topological polar surface area (TPSA) is 12.5 Å². The molecule has 2 rings (SSSR count). The number of hydrogen-bond donors (Lipinski definition) is 0. The van der Waals surface area contributed by atoms with Crippen molar-refractivity contribution in [1.82, 2.24) is 4.90 Å². The summed E-state index contributed by atoms with van der Waals surface area (Å²) in [5.74, 6) is 0. The van der Waals surface area contributed by atoms with Crippen LogP contribution in [0.25, 0.3) is 0 Å². The van der Waals surface area contributed by atoms with Crippen LogP contribution < -0.4 is 0 Å². The van der Waals surface area contributed by atoms with Crippen molar-refractivity contribution in [2.24, 2.45) is 0 Å². The van der Waals surface area contributed by atoms with Crippen LogP contribution in [-0.4, -0.2) is 30.7 Å². The fourth-order valence-electron chi connectivity index (χ4n) is 1.77. The zero-order valence-electron chi connectivity index (χ0n) is 7.28. The van der Waals surface area contributed by atoms with Gasteiger partial charge in [-0.2, -0.15) is 0 Å². The molecule has 2 aliphatic heterocycles. The minimum absolute atomic E-state index is 0.708. The lowest BCUT2D eigenvalue weighted by Gasteiger charge is -2.33. The smallest absolute Gasteiger partial charge is 0.0485 e. The Hall–Kier alpha value is -0.760. The molecular weight excluding hydrogens is 150 g/mol. The summed E-state index contributed by atoms with van der Waals surface area (Å²) in [7, 11) is 0. The third-order valence-electron chi connectivity index (χ3n) is 2.50. The molecule has 0 atom stereocenters. The lowest BCUT2D eigenvalue weighted by atomic mass is 10.1. The molecule has 0 saturated carbocycles. The van der Waals surface area contributed by atoms with Crippen LogP contribution in [0.4, 0.5) is 0 Å². The SMILES string of the molecule is C1=CCN(C2CCOCC2)C=C1. The number of nitrogens with zero attached hydrogens (tertiary/aromatic N) is 1. The predicted molar refractivity (Wildman–Crippen MR) is 48.8 cm³/mol. The Bertz CT molecular complexity index is 192. The summed E-state index contributed by atoms with van der Waals surface area (Å²) < 4.78 is 5.32. The van der Waals surface area contributed by atoms with Gasteiger partial charge in [-0.15, -0.1) is 0 Å². The summed E-state index contributed by atoms with van der Waals surface area (Å²) in [6.45, 7) is 2.93. The average Bonchev–Trinajstić information content (AvgIpc) is 2.21. The number of hydrogen-bond acceptors (Lipinski definition) is 2. The van der Waals surface area contributed by atoms with Gasteiger partial charge in [0.05, 0.1) is 0 Å². The third-order valence-corrected chi connectivity index (χ3v) is 2.50. The van der Waals surface area contributed by atoms with Crippen LogP contribution in [0.15, 0.2) is 24.4 Å². The van der Waals surface area contributed by atoms with Gasteiger partial charge in [-0.05, 0) is 25.1 Å². The van der Waals surface area contributed by atoms with Gasteiger partial charge in [0, 0.05) is 25.8 Å². The predicted octanol–water partition coefficient (Wildman–Crippen LogP) is 1.55. The van der Waals surface area contributed by atoms with E-state index in [0.717, 1.165) is 19.8 Å². The second-order valence-electron chi connectivity index (χ2n) is 3.31. The molecular formula is C10H15NO. The van der Waals surface area contributed by atoms with Gasteiger partial charge in [-0.3, -0.25) is 0 Å². The molecule has 2 nitrogen and oxygen atoms in total. The van der Waals surface area contributed by atoms with Crippen LogP contribution >= 0.6 is 0 Å². The maximum absolute atomic E-state index is 5.32. The fraction of sp³-hybridized carbons (Fsp3) is 0.600. The highest BCUT2D eigenvalue weighted by Gasteiger charge is 2.18. The van der Waals surface area contributed by atoms with Crippen molar-refractivity contribution in [3.63, 3.8) is 0 Å². The molecule has 0 aromatic carbocycles. The molecule has 0 aromatic rings. The molecule has 0 aromatic heterocycles. The van der Waals surface area contributed by atoms with E-state index in [1.54, 1.807) is 0 Å². The van der Waals surface area contributed by atoms with Crippen LogP contribution in [-0.2, 0) is 4.74 Å². The highest BCUT2D eigenvalue weighted by atomic mass is 16.5. The summed E-state index contributed by atoms with van der Waals surface area (Å²) in [5.41, 5.74) is 0. The summed E-state index contributed by atoms with van der Waals surface area (Å²) in [5, 5.41) is 0. The Morgan fingerprint density at radius 3 is 2.67 bits per heavy atom. The van der Waals surface area contributed by atoms with E-state index in [1.807, 2.05) is 0 Å². The molecule has 1 saturated heterocycles. The number of allylic oxidation sites excluding steroid dienone is 2. The molecule has 0 aliphatic carbocycles. The summed E-state index contributed by atoms with van der Waals surface area (Å²) >= 11 is 0. The van der Waals surface area contributed by atoms with Crippen molar-refractivity contribution >= 4 is 0 Å². The quantitative estimate of drug-likeness (QED) is 0.584. The molecule has 12 heavy (non-hydrogen) atoms. The van der Waals surface area contributed by atoms with E-state index in [1.165, 1.54) is 12.8 Å². The highest BCUT2D eigenvalue weighted by Crippen LogP contribution is 2.15. The molecule has 66 valence electrons. The lowest BCUT2D eigenvalue weighted by Crippen LogP contribution is -2.36. The van der Waals surface area contributed by atoms with Crippen molar-refractivity contribution in [1.29, 1.82) is 0 Å². The van der Waals surface area contributed by atoms with Crippen LogP contribution in [0.1, 0.15) is 12.8 Å². The second-order valence-corrected chi connectivity index (χ2v) is 3.31. The van der Waals surface area contributed by atoms with E-state index in [9.17, 15) is 0 Å². The lowest BCUT2D eigenvalue weighted by molar-refractivity contribution is 0.0521. The van der Waals surface area contributed by atoms with Gasteiger partial charge in [0.25, 0.3) is 0 Å². The van der Waals surface area contributed by atoms with E-state index in [0.29, 0.717) is 6.04 Å². The van der Waals surface area contributed by atoms with Crippen molar-refractivity contribution in [2.75, 3.05) is 19.8 Å². The highest BCUT2D eigenvalue weighted by molar-refractivity contribution is 5.09. The Labute approximate surface area is 73.5 Å². The molecule has 2 heteroatoms. The van der Waals surface area contributed by atoms with Gasteiger partial charge in [-0.1, -0.05) is 12.2 Å². The monoisotopic (exact) mass is 165 g/mol. The minimum Gasteiger partial charge on any atom is -0.381 e. The van der Waals surface area contributed by atoms with Crippen molar-refractivity contribution in [3.05, 3.63) is 24.4 Å². The average molecular weight is 165 g/mol. The van der Waals surface area contributed by atoms with Gasteiger partial charge in [0.1, 0.15) is 0 Å². The van der Waals surface area contributed by atoms with E-state index in [4.69, 9.17) is 4.74 Å². The first-order valence-corrected chi connectivity index (χ1v) is 4.63. The first kappa shape index (κ1) is 7.87. The Morgan fingerprint density at radius 2 is 2.00 bits per heavy atom. The maximum atomic E-state index is 5.32. The number of ether oxygens (including phenoxy) is 1. The molecule has 0 bridgehead atoms. The normalized spacial score (nSPS) is 24.8. The molecule has 0 N–H and O–H groups in total. The first-order valence-electron chi connectivity index (χ1n) is 4.63. The minimum atomic E-state index is 0.708. The van der Waals surface area contributed by atoms with Gasteiger partial charge in [0.15, 0.2) is 0 Å². The molecule has 0 unspecified atom stereocenters. The summed E-state index contributed by atoms with van der Waals surface area (Å²) in [6, 6.07) is 0.708. The van der Waals surface area contributed by atoms with E-state index >= 15 is 0 Å². The van der Waals surface area contributed by atoms with E-state index in [2.05, 4.69) is 29.3 Å². The zero-order valence-corrected chi connectivity index (χ0v) is 7.28. The van der Waals surface area contributed by atoms with Gasteiger partial charge < -0.3 is 9.64 Å². The van der Waals surface area contributed by atoms with Crippen molar-refractivity contribution < 1.29 is 4.74 Å². The fourth-order valence-corrected chi connectivity index (χ4v) is 1.77. The summed E-state index contributed by atoms with van der Waals surface area (Å²) in [6.07, 6.45) is 11.0. The number of rotatable bonds is 1. The van der Waals surface area contributed by atoms with Gasteiger partial charge in [-0.25, -0.2) is 0 Å². The van der Waals surface area contributed by atoms with Crippen LogP contribution in [0.5, 0.6) is 0 Å². The van der Waals surface area contributed by atoms with E-state index < -0.39 is 0 Å². The van der Waals surface area contributed by atoms with Crippen LogP contribution in [0, 0.1) is 0 Å². The van der Waals surface area contributed by atoms with Crippen LogP contribution in [0.2, 0.25) is 0 Å². The standard InChI is InChI=1S/C10H15NO/c1-2-6-11(7-3-1)10-4-8-12-9-5-10/h1-3,6,10H,4-5,7-9H2. The van der Waals surface area contributed by atoms with Crippen molar-refractivity contribution in [2.45, 2.75) is 18.9 Å². The van der Waals surface area contributed by atoms with E-state index in [-0.39, 0.29) is 0 Å². The van der Waals surface area contributed by atoms with Gasteiger partial charge in [0.2, 0.25) is 0 Å². The Kier molecular flexibility index (Phi) is 2.47. The zero-order chi connectivity index (χ0) is 8.23. The molecule has 1 fully saturated rings. The third kappa shape index (κ3) is 1.69. The Balaban J connectivity index is 1.90. The molecule has 2 heterocycles. The Morgan fingerprint density at radius 1 is 1.17 bits per heavy atom. The largest absolute Gasteiger partial charge is 0.381 e. The molecule has 0 amide bonds. The second kappa shape index (κ2) is 3.76. The van der Waals surface area contributed by atoms with Gasteiger partial charge >= 0.3 is 0 Å². The first-order chi connectivity index (χ1) is 5.97. The van der Waals surface area contributed by atoms with Crippen molar-refractivity contribution in [3.8, 4) is 0 Å².